The Balaban J connectivity index is 1.34. The minimum absolute atomic E-state index is 0.124. The largest absolute Gasteiger partial charge is 0.417 e. The zero-order chi connectivity index (χ0) is 31.3. The van der Waals surface area contributed by atoms with E-state index < -0.39 is 23.2 Å². The number of rotatable bonds is 9. The van der Waals surface area contributed by atoms with Gasteiger partial charge in [0.05, 0.1) is 22.5 Å². The topological polar surface area (TPSA) is 85.0 Å². The number of likely N-dealkylation sites (tertiary alicyclic amines) is 1. The number of carbonyl (C=O) groups excluding carboxylic acids is 3. The van der Waals surface area contributed by atoms with Crippen molar-refractivity contribution in [2.24, 2.45) is 0 Å². The average molecular weight is 608 g/mol. The standard InChI is InChI=1S/C33H36F3N5O3/c1-23-8-2-5-11-28(23)39-18-20-40(21-19-39)29-14-13-24(31(43)37-15-7-17-41-16-6-12-30(41)42)22-27(29)38-32(44)25-9-3-4-10-26(25)33(34,35)36/h2-5,8-11,13-14,22H,6-7,12,15-21H2,1H3,(H,37,43)(H,38,44). The van der Waals surface area contributed by atoms with E-state index in [0.717, 1.165) is 30.8 Å². The summed E-state index contributed by atoms with van der Waals surface area (Å²) in [5, 5.41) is 5.52. The minimum atomic E-state index is -4.70. The highest BCUT2D eigenvalue weighted by Crippen LogP contribution is 2.34. The molecule has 2 fully saturated rings. The van der Waals surface area contributed by atoms with E-state index in [2.05, 4.69) is 39.5 Å². The number of alkyl halides is 3. The molecule has 11 heteroatoms. The molecule has 0 bridgehead atoms. The maximum absolute atomic E-state index is 13.7. The predicted molar refractivity (Wildman–Crippen MR) is 164 cm³/mol. The van der Waals surface area contributed by atoms with E-state index in [9.17, 15) is 27.6 Å². The van der Waals surface area contributed by atoms with E-state index in [1.165, 1.54) is 23.8 Å². The number of hydrogen-bond acceptors (Lipinski definition) is 5. The zero-order valence-electron chi connectivity index (χ0n) is 24.6. The minimum Gasteiger partial charge on any atom is -0.368 e. The van der Waals surface area contributed by atoms with Crippen LogP contribution in [-0.2, 0) is 11.0 Å². The Morgan fingerprint density at radius 3 is 2.20 bits per heavy atom. The molecule has 2 heterocycles. The normalized spacial score (nSPS) is 15.5. The van der Waals surface area contributed by atoms with Crippen LogP contribution in [0, 0.1) is 6.92 Å². The fourth-order valence-electron chi connectivity index (χ4n) is 5.79. The molecule has 44 heavy (non-hydrogen) atoms. The van der Waals surface area contributed by atoms with E-state index >= 15 is 0 Å². The van der Waals surface area contributed by atoms with Crippen LogP contribution in [-0.4, -0.2) is 68.4 Å². The molecular weight excluding hydrogens is 571 g/mol. The summed E-state index contributed by atoms with van der Waals surface area (Å²) < 4.78 is 41.1. The molecule has 0 saturated carbocycles. The van der Waals surface area contributed by atoms with Crippen LogP contribution < -0.4 is 20.4 Å². The van der Waals surface area contributed by atoms with Gasteiger partial charge in [-0.25, -0.2) is 0 Å². The van der Waals surface area contributed by atoms with Crippen molar-refractivity contribution in [3.63, 3.8) is 0 Å². The summed E-state index contributed by atoms with van der Waals surface area (Å²) >= 11 is 0. The van der Waals surface area contributed by atoms with Gasteiger partial charge in [0.15, 0.2) is 0 Å². The van der Waals surface area contributed by atoms with Gasteiger partial charge in [-0.2, -0.15) is 13.2 Å². The molecule has 0 atom stereocenters. The Labute approximate surface area is 254 Å². The highest BCUT2D eigenvalue weighted by atomic mass is 19.4. The second-order valence-corrected chi connectivity index (χ2v) is 11.1. The highest BCUT2D eigenvalue weighted by molar-refractivity contribution is 6.08. The number of nitrogens with zero attached hydrogens (tertiary/aromatic N) is 3. The van der Waals surface area contributed by atoms with Crippen molar-refractivity contribution in [2.45, 2.75) is 32.4 Å². The summed E-state index contributed by atoms with van der Waals surface area (Å²) in [6, 6.07) is 17.7. The van der Waals surface area contributed by atoms with Gasteiger partial charge in [0, 0.05) is 63.5 Å². The second-order valence-electron chi connectivity index (χ2n) is 11.1. The third-order valence-corrected chi connectivity index (χ3v) is 8.12. The Morgan fingerprint density at radius 1 is 0.841 bits per heavy atom. The number of para-hydroxylation sites is 1. The number of amides is 3. The Morgan fingerprint density at radius 2 is 1.52 bits per heavy atom. The number of hydrogen-bond donors (Lipinski definition) is 2. The third kappa shape index (κ3) is 7.15. The first-order valence-electron chi connectivity index (χ1n) is 14.8. The van der Waals surface area contributed by atoms with Gasteiger partial charge in [0.1, 0.15) is 0 Å². The molecule has 0 radical (unpaired) electrons. The van der Waals surface area contributed by atoms with Crippen LogP contribution in [0.25, 0.3) is 0 Å². The van der Waals surface area contributed by atoms with Gasteiger partial charge in [-0.15, -0.1) is 0 Å². The molecule has 3 amide bonds. The lowest BCUT2D eigenvalue weighted by atomic mass is 10.1. The van der Waals surface area contributed by atoms with Crippen molar-refractivity contribution in [1.82, 2.24) is 10.2 Å². The molecule has 2 aliphatic rings. The number of nitrogens with one attached hydrogen (secondary N) is 2. The fourth-order valence-corrected chi connectivity index (χ4v) is 5.79. The maximum Gasteiger partial charge on any atom is 0.417 e. The van der Waals surface area contributed by atoms with E-state index in [1.54, 1.807) is 17.0 Å². The van der Waals surface area contributed by atoms with Crippen LogP contribution in [0.15, 0.2) is 66.7 Å². The first kappa shape index (κ1) is 30.9. The summed E-state index contributed by atoms with van der Waals surface area (Å²) in [6.45, 7) is 6.33. The van der Waals surface area contributed by atoms with Crippen molar-refractivity contribution in [1.29, 1.82) is 0 Å². The molecule has 3 aromatic carbocycles. The van der Waals surface area contributed by atoms with E-state index in [1.807, 2.05) is 12.1 Å². The second kappa shape index (κ2) is 13.4. The molecule has 5 rings (SSSR count). The lowest BCUT2D eigenvalue weighted by Crippen LogP contribution is -2.47. The lowest BCUT2D eigenvalue weighted by Gasteiger charge is -2.38. The molecule has 232 valence electrons. The van der Waals surface area contributed by atoms with Gasteiger partial charge in [-0.05, 0) is 61.7 Å². The zero-order valence-corrected chi connectivity index (χ0v) is 24.6. The summed E-state index contributed by atoms with van der Waals surface area (Å²) in [5.74, 6) is -1.16. The van der Waals surface area contributed by atoms with Gasteiger partial charge in [-0.1, -0.05) is 30.3 Å². The van der Waals surface area contributed by atoms with E-state index in [4.69, 9.17) is 0 Å². The van der Waals surface area contributed by atoms with Crippen LogP contribution in [0.3, 0.4) is 0 Å². The SMILES string of the molecule is Cc1ccccc1N1CCN(c2ccc(C(=O)NCCCN3CCCC3=O)cc2NC(=O)c2ccccc2C(F)(F)F)CC1. The van der Waals surface area contributed by atoms with Gasteiger partial charge >= 0.3 is 6.18 Å². The monoisotopic (exact) mass is 607 g/mol. The highest BCUT2D eigenvalue weighted by Gasteiger charge is 2.35. The molecule has 8 nitrogen and oxygen atoms in total. The van der Waals surface area contributed by atoms with Gasteiger partial charge in [0.25, 0.3) is 11.8 Å². The maximum atomic E-state index is 13.7. The van der Waals surface area contributed by atoms with Crippen molar-refractivity contribution < 1.29 is 27.6 Å². The Bertz CT molecular complexity index is 1520. The fraction of sp³-hybridized carbons (Fsp3) is 0.364. The molecule has 2 saturated heterocycles. The molecule has 0 unspecified atom stereocenters. The lowest BCUT2D eigenvalue weighted by molar-refractivity contribution is -0.138. The summed E-state index contributed by atoms with van der Waals surface area (Å²) in [7, 11) is 0. The first-order valence-corrected chi connectivity index (χ1v) is 14.8. The summed E-state index contributed by atoms with van der Waals surface area (Å²) in [4.78, 5) is 44.3. The molecule has 2 N–H and O–H groups in total. The van der Waals surface area contributed by atoms with Crippen LogP contribution in [0.4, 0.5) is 30.2 Å². The average Bonchev–Trinajstić information content (AvgIpc) is 3.43. The van der Waals surface area contributed by atoms with Crippen molar-refractivity contribution in [2.75, 3.05) is 60.9 Å². The molecular formula is C33H36F3N5O3. The number of halogens is 3. The predicted octanol–water partition coefficient (Wildman–Crippen LogP) is 5.34. The van der Waals surface area contributed by atoms with Crippen molar-refractivity contribution >= 4 is 34.8 Å². The van der Waals surface area contributed by atoms with Crippen LogP contribution in [0.2, 0.25) is 0 Å². The van der Waals surface area contributed by atoms with Gasteiger partial charge < -0.3 is 25.3 Å². The number of carbonyl (C=O) groups is 3. The van der Waals surface area contributed by atoms with Crippen LogP contribution in [0.5, 0.6) is 0 Å². The Hall–Kier alpha value is -4.54. The Kier molecular flexibility index (Phi) is 9.41. The summed E-state index contributed by atoms with van der Waals surface area (Å²) in [5.41, 5.74) is 1.93. The number of anilines is 3. The first-order chi connectivity index (χ1) is 21.1. The van der Waals surface area contributed by atoms with Crippen LogP contribution >= 0.6 is 0 Å². The number of piperazine rings is 1. The van der Waals surface area contributed by atoms with Crippen molar-refractivity contribution in [3.8, 4) is 0 Å². The quantitative estimate of drug-likeness (QED) is 0.321. The van der Waals surface area contributed by atoms with E-state index in [0.29, 0.717) is 57.8 Å². The molecule has 0 spiro atoms. The van der Waals surface area contributed by atoms with Gasteiger partial charge in [-0.3, -0.25) is 14.4 Å². The third-order valence-electron chi connectivity index (χ3n) is 8.12. The van der Waals surface area contributed by atoms with Gasteiger partial charge in [0.2, 0.25) is 5.91 Å². The molecule has 2 aliphatic heterocycles. The summed E-state index contributed by atoms with van der Waals surface area (Å²) in [6.07, 6.45) is -2.70. The molecule has 3 aromatic rings. The number of benzene rings is 3. The van der Waals surface area contributed by atoms with E-state index in [-0.39, 0.29) is 23.1 Å². The molecule has 0 aromatic heterocycles. The molecule has 0 aliphatic carbocycles. The smallest absolute Gasteiger partial charge is 0.368 e. The van der Waals surface area contributed by atoms with Crippen molar-refractivity contribution in [3.05, 3.63) is 89.0 Å². The van der Waals surface area contributed by atoms with Crippen LogP contribution in [0.1, 0.15) is 51.1 Å². The number of aryl methyl sites for hydroxylation is 1.